The Labute approximate surface area is 86.0 Å². The van der Waals surface area contributed by atoms with Gasteiger partial charge >= 0.3 is 0 Å². The molecule has 3 aliphatic rings. The molecule has 3 saturated heterocycles. The first-order valence-corrected chi connectivity index (χ1v) is 5.78. The second-order valence-corrected chi connectivity index (χ2v) is 5.40. The Balaban J connectivity index is 1.52. The molecule has 3 heteroatoms. The summed E-state index contributed by atoms with van der Waals surface area (Å²) in [5, 5.41) is 0. The molecule has 0 radical (unpaired) electrons. The van der Waals surface area contributed by atoms with Crippen LogP contribution in [0.2, 0.25) is 0 Å². The first-order valence-electron chi connectivity index (χ1n) is 5.78. The number of hydrogen-bond donors (Lipinski definition) is 0. The zero-order chi connectivity index (χ0) is 9.60. The predicted molar refractivity (Wildman–Crippen MR) is 55.3 cm³/mol. The topological polar surface area (TPSA) is 15.7 Å². The van der Waals surface area contributed by atoms with Crippen molar-refractivity contribution in [3.8, 4) is 0 Å². The van der Waals surface area contributed by atoms with Gasteiger partial charge in [-0.1, -0.05) is 0 Å². The third-order valence-corrected chi connectivity index (χ3v) is 4.21. The molecule has 0 aromatic heterocycles. The molecule has 0 bridgehead atoms. The predicted octanol–water partition coefficient (Wildman–Crippen LogP) is 0.413. The summed E-state index contributed by atoms with van der Waals surface area (Å²) in [6, 6.07) is 0.755. The Hall–Kier alpha value is -0.120. The summed E-state index contributed by atoms with van der Waals surface area (Å²) in [6.45, 7) is 7.24. The number of nitrogens with zero attached hydrogens (tertiary/aromatic N) is 2. The summed E-state index contributed by atoms with van der Waals surface area (Å²) >= 11 is 0. The second-order valence-electron chi connectivity index (χ2n) is 5.40. The zero-order valence-electron chi connectivity index (χ0n) is 9.04. The Morgan fingerprint density at radius 3 is 2.21 bits per heavy atom. The van der Waals surface area contributed by atoms with Gasteiger partial charge in [-0.3, -0.25) is 4.90 Å². The molecule has 0 atom stereocenters. The summed E-state index contributed by atoms with van der Waals surface area (Å²) < 4.78 is 5.25. The molecule has 0 amide bonds. The van der Waals surface area contributed by atoms with E-state index in [0.717, 1.165) is 19.3 Å². The fraction of sp³-hybridized carbons (Fsp3) is 1.00. The standard InChI is InChI=1S/C11H20N2O/c1-12-8-11(9-12)2-4-13(5-3-11)10-6-14-7-10/h10H,2-9H2,1H3. The number of likely N-dealkylation sites (tertiary alicyclic amines) is 2. The van der Waals surface area contributed by atoms with Crippen molar-refractivity contribution in [2.75, 3.05) is 46.4 Å². The van der Waals surface area contributed by atoms with Crippen molar-refractivity contribution >= 4 is 0 Å². The Bertz CT molecular complexity index is 211. The van der Waals surface area contributed by atoms with Gasteiger partial charge in [0, 0.05) is 13.1 Å². The van der Waals surface area contributed by atoms with Crippen LogP contribution in [0.4, 0.5) is 0 Å². The third-order valence-electron chi connectivity index (χ3n) is 4.21. The molecule has 3 fully saturated rings. The lowest BCUT2D eigenvalue weighted by Gasteiger charge is -2.54. The third kappa shape index (κ3) is 1.38. The average molecular weight is 196 g/mol. The Morgan fingerprint density at radius 1 is 1.14 bits per heavy atom. The highest BCUT2D eigenvalue weighted by molar-refractivity contribution is 4.98. The molecule has 0 aliphatic carbocycles. The largest absolute Gasteiger partial charge is 0.378 e. The maximum Gasteiger partial charge on any atom is 0.0645 e. The van der Waals surface area contributed by atoms with Crippen molar-refractivity contribution in [2.45, 2.75) is 18.9 Å². The monoisotopic (exact) mass is 196 g/mol. The van der Waals surface area contributed by atoms with Crippen LogP contribution in [0.5, 0.6) is 0 Å². The zero-order valence-corrected chi connectivity index (χ0v) is 9.04. The smallest absolute Gasteiger partial charge is 0.0645 e. The summed E-state index contributed by atoms with van der Waals surface area (Å²) in [4.78, 5) is 5.08. The average Bonchev–Trinajstić information content (AvgIpc) is 2.03. The van der Waals surface area contributed by atoms with Crippen molar-refractivity contribution < 1.29 is 4.74 Å². The van der Waals surface area contributed by atoms with Crippen LogP contribution >= 0.6 is 0 Å². The number of rotatable bonds is 1. The summed E-state index contributed by atoms with van der Waals surface area (Å²) in [6.07, 6.45) is 2.82. The molecular weight excluding hydrogens is 176 g/mol. The van der Waals surface area contributed by atoms with E-state index in [-0.39, 0.29) is 0 Å². The van der Waals surface area contributed by atoms with E-state index < -0.39 is 0 Å². The Kier molecular flexibility index (Phi) is 2.08. The van der Waals surface area contributed by atoms with E-state index >= 15 is 0 Å². The van der Waals surface area contributed by atoms with E-state index in [1.807, 2.05) is 0 Å². The van der Waals surface area contributed by atoms with E-state index in [2.05, 4.69) is 16.8 Å². The lowest BCUT2D eigenvalue weighted by molar-refractivity contribution is -0.101. The van der Waals surface area contributed by atoms with Crippen LogP contribution in [-0.4, -0.2) is 62.3 Å². The SMILES string of the molecule is CN1CC2(CCN(C3COC3)CC2)C1. The molecule has 0 aromatic rings. The van der Waals surface area contributed by atoms with Gasteiger partial charge in [-0.25, -0.2) is 0 Å². The lowest BCUT2D eigenvalue weighted by atomic mass is 9.72. The van der Waals surface area contributed by atoms with Crippen molar-refractivity contribution in [1.29, 1.82) is 0 Å². The van der Waals surface area contributed by atoms with Gasteiger partial charge in [-0.15, -0.1) is 0 Å². The Morgan fingerprint density at radius 2 is 1.79 bits per heavy atom. The molecule has 0 saturated carbocycles. The highest BCUT2D eigenvalue weighted by atomic mass is 16.5. The second kappa shape index (κ2) is 3.19. The molecule has 3 heterocycles. The molecule has 3 rings (SSSR count). The van der Waals surface area contributed by atoms with Crippen LogP contribution in [0.3, 0.4) is 0 Å². The highest BCUT2D eigenvalue weighted by Crippen LogP contribution is 2.40. The first-order chi connectivity index (χ1) is 6.77. The highest BCUT2D eigenvalue weighted by Gasteiger charge is 2.44. The van der Waals surface area contributed by atoms with E-state index in [1.165, 1.54) is 39.0 Å². The molecule has 3 nitrogen and oxygen atoms in total. The lowest BCUT2D eigenvalue weighted by Crippen LogP contribution is -2.61. The van der Waals surface area contributed by atoms with Crippen LogP contribution < -0.4 is 0 Å². The maximum absolute atomic E-state index is 5.25. The van der Waals surface area contributed by atoms with Gasteiger partial charge in [0.05, 0.1) is 19.3 Å². The number of piperidine rings is 1. The quantitative estimate of drug-likeness (QED) is 0.604. The minimum atomic E-state index is 0.704. The van der Waals surface area contributed by atoms with Crippen molar-refractivity contribution in [2.24, 2.45) is 5.41 Å². The first kappa shape index (κ1) is 9.13. The number of hydrogen-bond acceptors (Lipinski definition) is 3. The van der Waals surface area contributed by atoms with Crippen molar-refractivity contribution in [1.82, 2.24) is 9.80 Å². The molecule has 14 heavy (non-hydrogen) atoms. The van der Waals surface area contributed by atoms with Crippen molar-refractivity contribution in [3.63, 3.8) is 0 Å². The summed E-state index contributed by atoms with van der Waals surface area (Å²) in [7, 11) is 2.23. The van der Waals surface area contributed by atoms with Crippen LogP contribution in [0, 0.1) is 5.41 Å². The van der Waals surface area contributed by atoms with E-state index in [9.17, 15) is 0 Å². The summed E-state index contributed by atoms with van der Waals surface area (Å²) in [5.74, 6) is 0. The van der Waals surface area contributed by atoms with Crippen molar-refractivity contribution in [3.05, 3.63) is 0 Å². The van der Waals surface area contributed by atoms with Gasteiger partial charge in [0.15, 0.2) is 0 Å². The molecule has 3 aliphatic heterocycles. The van der Waals surface area contributed by atoms with E-state index in [0.29, 0.717) is 5.41 Å². The van der Waals surface area contributed by atoms with Crippen LogP contribution in [0.1, 0.15) is 12.8 Å². The minimum Gasteiger partial charge on any atom is -0.378 e. The van der Waals surface area contributed by atoms with Gasteiger partial charge < -0.3 is 9.64 Å². The normalized spacial score (nSPS) is 34.1. The number of ether oxygens (including phenoxy) is 1. The molecular formula is C11H20N2O. The van der Waals surface area contributed by atoms with Gasteiger partial charge in [0.1, 0.15) is 0 Å². The van der Waals surface area contributed by atoms with Gasteiger partial charge in [0.2, 0.25) is 0 Å². The maximum atomic E-state index is 5.25. The molecule has 0 aromatic carbocycles. The van der Waals surface area contributed by atoms with E-state index in [4.69, 9.17) is 4.74 Å². The summed E-state index contributed by atoms with van der Waals surface area (Å²) in [5.41, 5.74) is 0.704. The van der Waals surface area contributed by atoms with E-state index in [1.54, 1.807) is 0 Å². The molecule has 0 unspecified atom stereocenters. The minimum absolute atomic E-state index is 0.704. The van der Waals surface area contributed by atoms with Crippen LogP contribution in [0.25, 0.3) is 0 Å². The van der Waals surface area contributed by atoms with Gasteiger partial charge in [0.25, 0.3) is 0 Å². The fourth-order valence-corrected chi connectivity index (χ4v) is 3.21. The fourth-order valence-electron chi connectivity index (χ4n) is 3.21. The molecule has 1 spiro atoms. The molecule has 80 valence electrons. The van der Waals surface area contributed by atoms with Crippen LogP contribution in [-0.2, 0) is 4.74 Å². The van der Waals surface area contributed by atoms with Gasteiger partial charge in [-0.05, 0) is 38.4 Å². The van der Waals surface area contributed by atoms with Crippen LogP contribution in [0.15, 0.2) is 0 Å². The van der Waals surface area contributed by atoms with Gasteiger partial charge in [-0.2, -0.15) is 0 Å². The molecule has 0 N–H and O–H groups in total.